The van der Waals surface area contributed by atoms with Gasteiger partial charge in [0, 0.05) is 48.8 Å². The second-order valence-corrected chi connectivity index (χ2v) is 17.9. The molecule has 3 atom stereocenters. The van der Waals surface area contributed by atoms with Crippen molar-refractivity contribution in [1.82, 2.24) is 25.5 Å². The Labute approximate surface area is 331 Å². The van der Waals surface area contributed by atoms with Crippen LogP contribution >= 0.6 is 0 Å². The van der Waals surface area contributed by atoms with Crippen molar-refractivity contribution in [2.75, 3.05) is 49.1 Å². The van der Waals surface area contributed by atoms with Gasteiger partial charge in [0.1, 0.15) is 35.7 Å². The molecule has 3 aliphatic carbocycles. The number of hydrogen-bond acceptors (Lipinski definition) is 10. The molecule has 2 aromatic carbocycles. The summed E-state index contributed by atoms with van der Waals surface area (Å²) >= 11 is 0. The summed E-state index contributed by atoms with van der Waals surface area (Å²) in [5.74, 6) is 1.04. The van der Waals surface area contributed by atoms with E-state index in [0.29, 0.717) is 81.3 Å². The van der Waals surface area contributed by atoms with Gasteiger partial charge in [-0.3, -0.25) is 19.8 Å². The quantitative estimate of drug-likeness (QED) is 0.162. The highest BCUT2D eigenvalue weighted by molar-refractivity contribution is 6.07. The molecule has 14 heteroatoms. The van der Waals surface area contributed by atoms with E-state index in [0.717, 1.165) is 85.6 Å². The number of nitrogens with zero attached hydrogens (tertiary/aromatic N) is 5. The summed E-state index contributed by atoms with van der Waals surface area (Å²) in [5, 5.41) is 6.89. The van der Waals surface area contributed by atoms with Crippen molar-refractivity contribution in [1.29, 1.82) is 0 Å². The second-order valence-electron chi connectivity index (χ2n) is 17.9. The standard InChI is InChI=1S/C43H51F2N7O5/c1-2-30-32(45)6-5-27-19-29(57-38(54)41-13-7-26(8-14-41)9-15-41)20-34(35(27)30)50-18-10-31-33(23-50)46-40(56-25-42-11-3-17-52(42)22-28(44)21-42)47-36(31)51-16-4-12-43(24-51)37(53)48-39(55)49-43/h5-6,19-20,26,28H,2-4,7-18,21-25H2,1H3,(H2,48,49,53,55)/t26?,28-,41?,42+,43-/m1/s1. The Hall–Kier alpha value is -4.59. The molecule has 5 aliphatic heterocycles. The average Bonchev–Trinajstić information content (AvgIpc) is 3.84. The van der Waals surface area contributed by atoms with Crippen molar-refractivity contribution in [2.24, 2.45) is 11.3 Å². The van der Waals surface area contributed by atoms with Gasteiger partial charge in [-0.1, -0.05) is 13.0 Å². The molecule has 302 valence electrons. The lowest BCUT2D eigenvalue weighted by Crippen LogP contribution is -2.59. The maximum Gasteiger partial charge on any atom is 0.322 e. The molecule has 7 fully saturated rings. The van der Waals surface area contributed by atoms with Crippen LogP contribution in [0.4, 0.5) is 25.1 Å². The van der Waals surface area contributed by atoms with Gasteiger partial charge in [0.05, 0.1) is 29.7 Å². The van der Waals surface area contributed by atoms with Crippen LogP contribution in [0.25, 0.3) is 10.8 Å². The zero-order valence-corrected chi connectivity index (χ0v) is 32.6. The maximum atomic E-state index is 15.6. The molecule has 11 rings (SSSR count). The molecular formula is C43H51F2N7O5. The summed E-state index contributed by atoms with van der Waals surface area (Å²) in [6.07, 6.45) is 9.31. The normalized spacial score (nSPS) is 30.8. The predicted molar refractivity (Wildman–Crippen MR) is 209 cm³/mol. The Kier molecular flexibility index (Phi) is 8.87. The molecule has 1 aromatic heterocycles. The third kappa shape index (κ3) is 6.19. The number of nitrogens with one attached hydrogen (secondary N) is 2. The fourth-order valence-electron chi connectivity index (χ4n) is 11.5. The van der Waals surface area contributed by atoms with E-state index in [1.807, 2.05) is 19.1 Å². The van der Waals surface area contributed by atoms with Crippen LogP contribution in [0.1, 0.15) is 94.4 Å². The number of fused-ring (bicyclic) bond motifs is 6. The van der Waals surface area contributed by atoms with Crippen molar-refractivity contribution < 1.29 is 32.6 Å². The zero-order chi connectivity index (χ0) is 39.1. The Morgan fingerprint density at radius 3 is 2.58 bits per heavy atom. The SMILES string of the molecule is CCc1c(F)ccc2cc(OC(=O)C34CCC(CC3)CC4)cc(N3CCc4c(nc(OC[C@@]56CCCN5C[C@H](F)C6)nc4N4CCC[C@]5(C4)NC(=O)NC5=O)C3)c12. The highest BCUT2D eigenvalue weighted by Gasteiger charge is 2.51. The van der Waals surface area contributed by atoms with Crippen molar-refractivity contribution in [2.45, 2.75) is 114 Å². The minimum Gasteiger partial charge on any atom is -0.461 e. The van der Waals surface area contributed by atoms with E-state index in [4.69, 9.17) is 19.4 Å². The summed E-state index contributed by atoms with van der Waals surface area (Å²) in [6, 6.07) is 6.70. The molecule has 57 heavy (non-hydrogen) atoms. The number of anilines is 2. The fourth-order valence-corrected chi connectivity index (χ4v) is 11.5. The Bertz CT molecular complexity index is 2150. The van der Waals surface area contributed by atoms with Gasteiger partial charge in [-0.05, 0) is 113 Å². The van der Waals surface area contributed by atoms with Gasteiger partial charge in [0.15, 0.2) is 0 Å². The number of amides is 3. The number of esters is 1. The first-order valence-corrected chi connectivity index (χ1v) is 21.1. The number of ether oxygens (including phenoxy) is 2. The van der Waals surface area contributed by atoms with Crippen LogP contribution in [0.3, 0.4) is 0 Å². The van der Waals surface area contributed by atoms with E-state index >= 15 is 4.39 Å². The van der Waals surface area contributed by atoms with Gasteiger partial charge in [0.2, 0.25) is 0 Å². The Morgan fingerprint density at radius 2 is 1.81 bits per heavy atom. The molecule has 2 bridgehead atoms. The van der Waals surface area contributed by atoms with Crippen molar-refractivity contribution >= 4 is 40.2 Å². The van der Waals surface area contributed by atoms with Gasteiger partial charge in [-0.2, -0.15) is 9.97 Å². The number of halogens is 2. The van der Waals surface area contributed by atoms with Crippen molar-refractivity contribution in [3.63, 3.8) is 0 Å². The molecule has 0 unspecified atom stereocenters. The summed E-state index contributed by atoms with van der Waals surface area (Å²) in [5.41, 5.74) is 1.12. The molecule has 3 saturated carbocycles. The molecular weight excluding hydrogens is 733 g/mol. The van der Waals surface area contributed by atoms with E-state index in [9.17, 15) is 18.8 Å². The number of alkyl halides is 1. The average molecular weight is 784 g/mol. The van der Waals surface area contributed by atoms with Gasteiger partial charge >= 0.3 is 18.0 Å². The van der Waals surface area contributed by atoms with Crippen molar-refractivity contribution in [3.8, 4) is 11.8 Å². The summed E-state index contributed by atoms with van der Waals surface area (Å²) < 4.78 is 43.0. The molecule has 12 nitrogen and oxygen atoms in total. The number of aryl methyl sites for hydroxylation is 1. The van der Waals surface area contributed by atoms with Crippen LogP contribution < -0.4 is 29.9 Å². The van der Waals surface area contributed by atoms with E-state index in [2.05, 4.69) is 25.3 Å². The van der Waals surface area contributed by atoms with Crippen molar-refractivity contribution in [3.05, 3.63) is 46.9 Å². The second kappa shape index (κ2) is 13.8. The minimum absolute atomic E-state index is 0.167. The molecule has 4 saturated heterocycles. The molecule has 2 N–H and O–H groups in total. The zero-order valence-electron chi connectivity index (χ0n) is 32.6. The number of carbonyl (C=O) groups is 3. The fraction of sp³-hybridized carbons (Fsp3) is 0.605. The predicted octanol–water partition coefficient (Wildman–Crippen LogP) is 5.90. The minimum atomic E-state index is -1.06. The van der Waals surface area contributed by atoms with Crippen LogP contribution in [0.2, 0.25) is 0 Å². The smallest absolute Gasteiger partial charge is 0.322 e. The number of rotatable bonds is 8. The van der Waals surface area contributed by atoms with E-state index < -0.39 is 28.7 Å². The number of hydrogen-bond donors (Lipinski definition) is 2. The molecule has 8 aliphatic rings. The monoisotopic (exact) mass is 783 g/mol. The topological polar surface area (TPSA) is 129 Å². The Balaban J connectivity index is 1.02. The summed E-state index contributed by atoms with van der Waals surface area (Å²) in [4.78, 5) is 55.8. The van der Waals surface area contributed by atoms with Crippen LogP contribution in [0.15, 0.2) is 24.3 Å². The largest absolute Gasteiger partial charge is 0.461 e. The molecule has 3 aromatic rings. The molecule has 3 amide bonds. The number of benzene rings is 2. The number of piperidine rings is 1. The molecule has 1 spiro atoms. The number of imide groups is 1. The van der Waals surface area contributed by atoms with Crippen LogP contribution in [0, 0.1) is 17.2 Å². The third-order valence-electron chi connectivity index (χ3n) is 14.6. The lowest BCUT2D eigenvalue weighted by molar-refractivity contribution is -0.152. The van der Waals surface area contributed by atoms with Gasteiger partial charge in [-0.15, -0.1) is 0 Å². The highest BCUT2D eigenvalue weighted by atomic mass is 19.1. The van der Waals surface area contributed by atoms with E-state index in [1.54, 1.807) is 6.07 Å². The van der Waals surface area contributed by atoms with Gasteiger partial charge < -0.3 is 24.6 Å². The summed E-state index contributed by atoms with van der Waals surface area (Å²) in [6.45, 7) is 5.21. The number of aromatic nitrogens is 2. The lowest BCUT2D eigenvalue weighted by atomic mass is 9.61. The van der Waals surface area contributed by atoms with Gasteiger partial charge in [0.25, 0.3) is 5.91 Å². The Morgan fingerprint density at radius 1 is 1.00 bits per heavy atom. The lowest BCUT2D eigenvalue weighted by Gasteiger charge is -2.44. The molecule has 6 heterocycles. The number of carbonyl (C=O) groups excluding carboxylic acids is 3. The first kappa shape index (κ1) is 36.7. The first-order chi connectivity index (χ1) is 27.6. The first-order valence-electron chi connectivity index (χ1n) is 21.1. The highest BCUT2D eigenvalue weighted by Crippen LogP contribution is 2.51. The van der Waals surface area contributed by atoms with Crippen LogP contribution in [-0.2, 0) is 29.0 Å². The maximum absolute atomic E-state index is 15.6. The number of urea groups is 1. The van der Waals surface area contributed by atoms with E-state index in [-0.39, 0.29) is 36.9 Å². The van der Waals surface area contributed by atoms with E-state index in [1.165, 1.54) is 6.07 Å². The van der Waals surface area contributed by atoms with Gasteiger partial charge in [-0.25, -0.2) is 13.6 Å². The molecule has 0 radical (unpaired) electrons. The van der Waals surface area contributed by atoms with Crippen LogP contribution in [-0.4, -0.2) is 89.4 Å². The third-order valence-corrected chi connectivity index (χ3v) is 14.6. The summed E-state index contributed by atoms with van der Waals surface area (Å²) in [7, 11) is 0. The van der Waals surface area contributed by atoms with Crippen LogP contribution in [0.5, 0.6) is 11.8 Å².